The lowest BCUT2D eigenvalue weighted by Crippen LogP contribution is -2.29. The van der Waals surface area contributed by atoms with Crippen LogP contribution in [0.4, 0.5) is 0 Å². The van der Waals surface area contributed by atoms with E-state index in [1.807, 2.05) is 0 Å². The molecule has 16 heavy (non-hydrogen) atoms. The number of nitrogens with one attached hydrogen (secondary N) is 1. The van der Waals surface area contributed by atoms with Crippen LogP contribution < -0.4 is 5.56 Å². The third-order valence-electron chi connectivity index (χ3n) is 2.34. The number of H-pyrrole nitrogens is 1. The van der Waals surface area contributed by atoms with Gasteiger partial charge in [0.1, 0.15) is 5.69 Å². The molecule has 1 amide bonds. The largest absolute Gasteiger partial charge is 0.340 e. The molecule has 1 N–H and O–H groups in total. The first kappa shape index (κ1) is 12.4. The molecule has 1 aromatic heterocycles. The number of hydrogen-bond acceptors (Lipinski definition) is 3. The molecule has 1 aromatic rings. The van der Waals surface area contributed by atoms with Crippen LogP contribution in [0.3, 0.4) is 0 Å². The van der Waals surface area contributed by atoms with E-state index in [1.54, 1.807) is 11.9 Å². The Labute approximate surface area is 94.5 Å². The van der Waals surface area contributed by atoms with E-state index in [0.717, 1.165) is 19.3 Å². The fraction of sp³-hybridized carbons (Fsp3) is 0.545. The molecule has 1 rings (SSSR count). The summed E-state index contributed by atoms with van der Waals surface area (Å²) in [5.41, 5.74) is -0.0243. The van der Waals surface area contributed by atoms with Crippen molar-refractivity contribution in [3.8, 4) is 0 Å². The predicted octanol–water partition coefficient (Wildman–Crippen LogP) is 1.03. The number of aromatic amines is 1. The number of aromatic nitrogens is 2. The number of amides is 1. The van der Waals surface area contributed by atoms with Gasteiger partial charge in [-0.3, -0.25) is 9.59 Å². The van der Waals surface area contributed by atoms with Gasteiger partial charge in [0.15, 0.2) is 0 Å². The smallest absolute Gasteiger partial charge is 0.274 e. The van der Waals surface area contributed by atoms with Crippen molar-refractivity contribution in [3.05, 3.63) is 28.2 Å². The summed E-state index contributed by atoms with van der Waals surface area (Å²) in [4.78, 5) is 24.2. The van der Waals surface area contributed by atoms with Gasteiger partial charge in [-0.05, 0) is 12.5 Å². The average molecular weight is 223 g/mol. The zero-order valence-corrected chi connectivity index (χ0v) is 9.69. The quantitative estimate of drug-likeness (QED) is 0.758. The predicted molar refractivity (Wildman–Crippen MR) is 61.3 cm³/mol. The van der Waals surface area contributed by atoms with Gasteiger partial charge in [0.2, 0.25) is 0 Å². The van der Waals surface area contributed by atoms with Crippen LogP contribution in [-0.2, 0) is 0 Å². The van der Waals surface area contributed by atoms with Crippen molar-refractivity contribution >= 4 is 5.91 Å². The zero-order valence-electron chi connectivity index (χ0n) is 9.69. The number of rotatable bonds is 5. The molecule has 0 aliphatic heterocycles. The molecule has 0 unspecified atom stereocenters. The highest BCUT2D eigenvalue weighted by Crippen LogP contribution is 2.00. The minimum absolute atomic E-state index is 0.160. The summed E-state index contributed by atoms with van der Waals surface area (Å²) in [6.45, 7) is 2.83. The average Bonchev–Trinajstić information content (AvgIpc) is 2.29. The van der Waals surface area contributed by atoms with Crippen molar-refractivity contribution in [2.75, 3.05) is 13.6 Å². The van der Waals surface area contributed by atoms with Gasteiger partial charge in [-0.15, -0.1) is 0 Å². The van der Waals surface area contributed by atoms with E-state index in [2.05, 4.69) is 17.1 Å². The van der Waals surface area contributed by atoms with Crippen LogP contribution >= 0.6 is 0 Å². The maximum Gasteiger partial charge on any atom is 0.274 e. The lowest BCUT2D eigenvalue weighted by molar-refractivity contribution is 0.0785. The molecule has 0 spiro atoms. The lowest BCUT2D eigenvalue weighted by Gasteiger charge is -2.15. The third kappa shape index (κ3) is 3.49. The summed E-state index contributed by atoms with van der Waals surface area (Å²) in [5.74, 6) is -0.160. The monoisotopic (exact) mass is 223 g/mol. The molecule has 0 aliphatic carbocycles. The van der Waals surface area contributed by atoms with Gasteiger partial charge < -0.3 is 4.90 Å². The number of carbonyl (C=O) groups is 1. The first-order chi connectivity index (χ1) is 7.65. The van der Waals surface area contributed by atoms with Crippen LogP contribution in [0.15, 0.2) is 16.9 Å². The highest BCUT2D eigenvalue weighted by molar-refractivity contribution is 5.91. The summed E-state index contributed by atoms with van der Waals surface area (Å²) in [6.07, 6.45) is 3.22. The number of hydrogen-bond donors (Lipinski definition) is 1. The van der Waals surface area contributed by atoms with Gasteiger partial charge in [-0.1, -0.05) is 19.8 Å². The van der Waals surface area contributed by atoms with E-state index in [4.69, 9.17) is 0 Å². The summed E-state index contributed by atoms with van der Waals surface area (Å²) >= 11 is 0. The third-order valence-corrected chi connectivity index (χ3v) is 2.34. The second-order valence-corrected chi connectivity index (χ2v) is 3.74. The molecule has 0 atom stereocenters. The summed E-state index contributed by atoms with van der Waals surface area (Å²) < 4.78 is 0. The molecule has 88 valence electrons. The Hall–Kier alpha value is -1.65. The maximum absolute atomic E-state index is 11.8. The Morgan fingerprint density at radius 3 is 2.75 bits per heavy atom. The van der Waals surface area contributed by atoms with Gasteiger partial charge in [0, 0.05) is 19.7 Å². The zero-order chi connectivity index (χ0) is 12.0. The van der Waals surface area contributed by atoms with Crippen molar-refractivity contribution < 1.29 is 4.79 Å². The molecule has 0 bridgehead atoms. The molecule has 0 aliphatic rings. The highest BCUT2D eigenvalue weighted by Gasteiger charge is 2.12. The van der Waals surface area contributed by atoms with Gasteiger partial charge in [-0.2, -0.15) is 5.10 Å². The Morgan fingerprint density at radius 2 is 2.19 bits per heavy atom. The van der Waals surface area contributed by atoms with Gasteiger partial charge in [0.25, 0.3) is 11.5 Å². The molecule has 1 heterocycles. The van der Waals surface area contributed by atoms with Crippen LogP contribution in [0.1, 0.15) is 36.7 Å². The van der Waals surface area contributed by atoms with Crippen LogP contribution in [0.2, 0.25) is 0 Å². The lowest BCUT2D eigenvalue weighted by atomic mass is 10.2. The van der Waals surface area contributed by atoms with Crippen LogP contribution in [0.5, 0.6) is 0 Å². The van der Waals surface area contributed by atoms with Crippen molar-refractivity contribution in [3.63, 3.8) is 0 Å². The molecule has 5 nitrogen and oxygen atoms in total. The first-order valence-electron chi connectivity index (χ1n) is 5.46. The van der Waals surface area contributed by atoms with E-state index in [0.29, 0.717) is 6.54 Å². The van der Waals surface area contributed by atoms with E-state index in [9.17, 15) is 9.59 Å². The van der Waals surface area contributed by atoms with Crippen molar-refractivity contribution in [1.82, 2.24) is 15.1 Å². The molecular formula is C11H17N3O2. The summed E-state index contributed by atoms with van der Waals surface area (Å²) in [6, 6.07) is 2.75. The number of carbonyl (C=O) groups excluding carboxylic acids is 1. The first-order valence-corrected chi connectivity index (χ1v) is 5.46. The summed E-state index contributed by atoms with van der Waals surface area (Å²) in [5, 5.41) is 5.95. The second kappa shape index (κ2) is 6.05. The molecular weight excluding hydrogens is 206 g/mol. The number of nitrogens with zero attached hydrogens (tertiary/aromatic N) is 2. The Morgan fingerprint density at radius 1 is 1.44 bits per heavy atom. The second-order valence-electron chi connectivity index (χ2n) is 3.74. The van der Waals surface area contributed by atoms with Crippen molar-refractivity contribution in [2.24, 2.45) is 0 Å². The van der Waals surface area contributed by atoms with Gasteiger partial charge in [-0.25, -0.2) is 5.10 Å². The Balaban J connectivity index is 2.56. The molecule has 5 heteroatoms. The van der Waals surface area contributed by atoms with Crippen molar-refractivity contribution in [1.29, 1.82) is 0 Å². The normalized spacial score (nSPS) is 10.1. The fourth-order valence-corrected chi connectivity index (χ4v) is 1.36. The summed E-state index contributed by atoms with van der Waals surface area (Å²) in [7, 11) is 1.74. The van der Waals surface area contributed by atoms with E-state index in [-0.39, 0.29) is 17.2 Å². The minimum atomic E-state index is -0.301. The van der Waals surface area contributed by atoms with Gasteiger partial charge in [0.05, 0.1) is 0 Å². The standard InChI is InChI=1S/C11H17N3O2/c1-3-4-5-8-14(2)11(16)9-6-7-10(15)13-12-9/h6-7H,3-5,8H2,1-2H3,(H,13,15). The Bertz CT molecular complexity index is 380. The fourth-order valence-electron chi connectivity index (χ4n) is 1.36. The SMILES string of the molecule is CCCCCN(C)C(=O)c1ccc(=O)[nH]n1. The Kier molecular flexibility index (Phi) is 4.69. The van der Waals surface area contributed by atoms with Gasteiger partial charge >= 0.3 is 0 Å². The minimum Gasteiger partial charge on any atom is -0.340 e. The van der Waals surface area contributed by atoms with Crippen LogP contribution in [0.25, 0.3) is 0 Å². The van der Waals surface area contributed by atoms with Crippen LogP contribution in [0, 0.1) is 0 Å². The van der Waals surface area contributed by atoms with E-state index in [1.165, 1.54) is 12.1 Å². The van der Waals surface area contributed by atoms with E-state index < -0.39 is 0 Å². The molecule has 0 saturated carbocycles. The number of unbranched alkanes of at least 4 members (excludes halogenated alkanes) is 2. The van der Waals surface area contributed by atoms with Crippen LogP contribution in [-0.4, -0.2) is 34.6 Å². The van der Waals surface area contributed by atoms with E-state index >= 15 is 0 Å². The topological polar surface area (TPSA) is 66.1 Å². The molecule has 0 radical (unpaired) electrons. The van der Waals surface area contributed by atoms with Crippen molar-refractivity contribution in [2.45, 2.75) is 26.2 Å². The molecule has 0 saturated heterocycles. The molecule has 0 fully saturated rings. The highest BCUT2D eigenvalue weighted by atomic mass is 16.2. The molecule has 0 aromatic carbocycles. The maximum atomic E-state index is 11.8.